The fourth-order valence-corrected chi connectivity index (χ4v) is 2.44. The SMILES string of the molecule is Cc1cc(Cn2c(Cl)nc3c2c(=O)n(C)c(=O)n3C)on1. The summed E-state index contributed by atoms with van der Waals surface area (Å²) in [5.74, 6) is 0.546. The van der Waals surface area contributed by atoms with Gasteiger partial charge in [0.2, 0.25) is 5.28 Å². The van der Waals surface area contributed by atoms with Gasteiger partial charge in [0.25, 0.3) is 5.56 Å². The highest BCUT2D eigenvalue weighted by Crippen LogP contribution is 2.17. The molecular weight excluding hydrogens is 298 g/mol. The van der Waals surface area contributed by atoms with Gasteiger partial charge in [-0.2, -0.15) is 4.98 Å². The van der Waals surface area contributed by atoms with Crippen LogP contribution < -0.4 is 11.2 Å². The van der Waals surface area contributed by atoms with Gasteiger partial charge in [0.05, 0.1) is 12.2 Å². The number of imidazole rings is 1. The fraction of sp³-hybridized carbons (Fsp3) is 0.333. The van der Waals surface area contributed by atoms with Crippen LogP contribution in [0.1, 0.15) is 11.5 Å². The van der Waals surface area contributed by atoms with Gasteiger partial charge < -0.3 is 9.09 Å². The van der Waals surface area contributed by atoms with Gasteiger partial charge in [-0.3, -0.25) is 13.9 Å². The van der Waals surface area contributed by atoms with E-state index in [-0.39, 0.29) is 23.0 Å². The quantitative estimate of drug-likeness (QED) is 0.641. The Balaban J connectivity index is 2.31. The minimum Gasteiger partial charge on any atom is -0.359 e. The Kier molecular flexibility index (Phi) is 2.98. The smallest absolute Gasteiger partial charge is 0.332 e. The van der Waals surface area contributed by atoms with Crippen molar-refractivity contribution in [1.29, 1.82) is 0 Å². The maximum absolute atomic E-state index is 12.3. The summed E-state index contributed by atoms with van der Waals surface area (Å²) in [6.07, 6.45) is 0. The molecule has 8 nitrogen and oxygen atoms in total. The summed E-state index contributed by atoms with van der Waals surface area (Å²) in [7, 11) is 2.95. The zero-order valence-corrected chi connectivity index (χ0v) is 12.4. The van der Waals surface area contributed by atoms with Gasteiger partial charge in [-0.25, -0.2) is 4.79 Å². The molecule has 0 atom stereocenters. The maximum atomic E-state index is 12.3. The van der Waals surface area contributed by atoms with Gasteiger partial charge >= 0.3 is 5.69 Å². The third-order valence-corrected chi connectivity index (χ3v) is 3.58. The van der Waals surface area contributed by atoms with Crippen LogP contribution in [0.15, 0.2) is 20.2 Å². The molecule has 3 aromatic rings. The lowest BCUT2D eigenvalue weighted by Crippen LogP contribution is -2.37. The molecule has 9 heteroatoms. The van der Waals surface area contributed by atoms with E-state index in [1.54, 1.807) is 13.0 Å². The van der Waals surface area contributed by atoms with E-state index < -0.39 is 11.2 Å². The predicted octanol–water partition coefficient (Wildman–Crippen LogP) is 0.432. The van der Waals surface area contributed by atoms with Crippen molar-refractivity contribution < 1.29 is 4.52 Å². The second kappa shape index (κ2) is 4.59. The Bertz CT molecular complexity index is 962. The minimum absolute atomic E-state index is 0.109. The van der Waals surface area contributed by atoms with Crippen LogP contribution in [0, 0.1) is 6.92 Å². The van der Waals surface area contributed by atoms with E-state index in [9.17, 15) is 9.59 Å². The summed E-state index contributed by atoms with van der Waals surface area (Å²) in [4.78, 5) is 28.3. The lowest BCUT2D eigenvalue weighted by molar-refractivity contribution is 0.374. The third-order valence-electron chi connectivity index (χ3n) is 3.29. The van der Waals surface area contributed by atoms with Gasteiger partial charge in [0, 0.05) is 20.2 Å². The van der Waals surface area contributed by atoms with Crippen molar-refractivity contribution in [1.82, 2.24) is 23.8 Å². The Morgan fingerprint density at radius 1 is 1.29 bits per heavy atom. The summed E-state index contributed by atoms with van der Waals surface area (Å²) in [6.45, 7) is 2.01. The zero-order valence-electron chi connectivity index (χ0n) is 11.6. The number of hydrogen-bond donors (Lipinski definition) is 0. The first-order chi connectivity index (χ1) is 9.90. The molecule has 3 heterocycles. The Morgan fingerprint density at radius 2 is 2.00 bits per heavy atom. The van der Waals surface area contributed by atoms with Crippen molar-refractivity contribution in [3.8, 4) is 0 Å². The minimum atomic E-state index is -0.455. The van der Waals surface area contributed by atoms with Gasteiger partial charge in [0.15, 0.2) is 16.9 Å². The molecule has 0 unspecified atom stereocenters. The standard InChI is InChI=1S/C12H12ClN5O3/c1-6-4-7(21-15-6)5-18-8-9(14-11(18)13)16(2)12(20)17(3)10(8)19/h4H,5H2,1-3H3. The molecule has 0 saturated carbocycles. The number of nitrogens with zero attached hydrogens (tertiary/aromatic N) is 5. The normalized spacial score (nSPS) is 11.4. The van der Waals surface area contributed by atoms with Crippen molar-refractivity contribution in [3.63, 3.8) is 0 Å². The van der Waals surface area contributed by atoms with Crippen molar-refractivity contribution in [3.05, 3.63) is 43.6 Å². The number of halogens is 1. The molecule has 0 aliphatic rings. The van der Waals surface area contributed by atoms with Gasteiger partial charge in [-0.1, -0.05) is 5.16 Å². The molecule has 3 aromatic heterocycles. The van der Waals surface area contributed by atoms with Crippen molar-refractivity contribution >= 4 is 22.8 Å². The van der Waals surface area contributed by atoms with E-state index in [2.05, 4.69) is 10.1 Å². The molecule has 110 valence electrons. The van der Waals surface area contributed by atoms with Crippen molar-refractivity contribution in [2.24, 2.45) is 14.1 Å². The lowest BCUT2D eigenvalue weighted by Gasteiger charge is -2.05. The summed E-state index contributed by atoms with van der Waals surface area (Å²) in [6, 6.07) is 1.74. The van der Waals surface area contributed by atoms with E-state index in [0.717, 1.165) is 10.3 Å². The Hall–Kier alpha value is -2.35. The van der Waals surface area contributed by atoms with E-state index in [4.69, 9.17) is 16.1 Å². The second-order valence-corrected chi connectivity index (χ2v) is 5.12. The average molecular weight is 310 g/mol. The first-order valence-electron chi connectivity index (χ1n) is 6.14. The van der Waals surface area contributed by atoms with Gasteiger partial charge in [-0.05, 0) is 18.5 Å². The van der Waals surface area contributed by atoms with E-state index in [1.807, 2.05) is 0 Å². The van der Waals surface area contributed by atoms with E-state index in [0.29, 0.717) is 5.76 Å². The molecular formula is C12H12ClN5O3. The molecule has 0 N–H and O–H groups in total. The summed E-state index contributed by atoms with van der Waals surface area (Å²) in [5, 5.41) is 3.90. The van der Waals surface area contributed by atoms with Crippen LogP contribution in [0.5, 0.6) is 0 Å². The summed E-state index contributed by atoms with van der Waals surface area (Å²) < 4.78 is 8.93. The van der Waals surface area contributed by atoms with E-state index in [1.165, 1.54) is 23.2 Å². The summed E-state index contributed by atoms with van der Waals surface area (Å²) >= 11 is 6.10. The average Bonchev–Trinajstić information content (AvgIpc) is 2.99. The second-order valence-electron chi connectivity index (χ2n) is 4.78. The molecule has 0 bridgehead atoms. The molecule has 0 amide bonds. The number of aryl methyl sites for hydroxylation is 2. The highest BCUT2D eigenvalue weighted by Gasteiger charge is 2.19. The largest absolute Gasteiger partial charge is 0.359 e. The molecule has 0 fully saturated rings. The van der Waals surface area contributed by atoms with Gasteiger partial charge in [0.1, 0.15) is 0 Å². The fourth-order valence-electron chi connectivity index (χ4n) is 2.21. The van der Waals surface area contributed by atoms with Crippen LogP contribution >= 0.6 is 11.6 Å². The van der Waals surface area contributed by atoms with Crippen LogP contribution in [-0.4, -0.2) is 23.8 Å². The number of rotatable bonds is 2. The maximum Gasteiger partial charge on any atom is 0.332 e. The molecule has 0 spiro atoms. The third kappa shape index (κ3) is 1.99. The number of aromatic nitrogens is 5. The molecule has 0 aliphatic heterocycles. The molecule has 3 rings (SSSR count). The van der Waals surface area contributed by atoms with Crippen LogP contribution in [0.2, 0.25) is 5.28 Å². The predicted molar refractivity (Wildman–Crippen MR) is 75.6 cm³/mol. The van der Waals surface area contributed by atoms with Crippen LogP contribution in [0.4, 0.5) is 0 Å². The number of fused-ring (bicyclic) bond motifs is 1. The topological polar surface area (TPSA) is 87.9 Å². The first kappa shape index (κ1) is 13.6. The first-order valence-corrected chi connectivity index (χ1v) is 6.52. The molecule has 0 aliphatic carbocycles. The van der Waals surface area contributed by atoms with E-state index >= 15 is 0 Å². The summed E-state index contributed by atoms with van der Waals surface area (Å²) in [5.41, 5.74) is 0.307. The highest BCUT2D eigenvalue weighted by molar-refractivity contribution is 6.29. The van der Waals surface area contributed by atoms with Crippen molar-refractivity contribution in [2.75, 3.05) is 0 Å². The Morgan fingerprint density at radius 3 is 2.62 bits per heavy atom. The highest BCUT2D eigenvalue weighted by atomic mass is 35.5. The van der Waals surface area contributed by atoms with Crippen LogP contribution in [-0.2, 0) is 20.6 Å². The van der Waals surface area contributed by atoms with Crippen LogP contribution in [0.3, 0.4) is 0 Å². The molecule has 0 saturated heterocycles. The number of hydrogen-bond acceptors (Lipinski definition) is 5. The molecule has 0 aromatic carbocycles. The Labute approximate surface area is 123 Å². The zero-order chi connectivity index (χ0) is 15.3. The lowest BCUT2D eigenvalue weighted by atomic mass is 10.4. The molecule has 21 heavy (non-hydrogen) atoms. The monoisotopic (exact) mass is 309 g/mol. The van der Waals surface area contributed by atoms with Crippen molar-refractivity contribution in [2.45, 2.75) is 13.5 Å². The van der Waals surface area contributed by atoms with Crippen LogP contribution in [0.25, 0.3) is 11.2 Å². The van der Waals surface area contributed by atoms with Gasteiger partial charge in [-0.15, -0.1) is 0 Å². The molecule has 0 radical (unpaired) electrons.